The van der Waals surface area contributed by atoms with Gasteiger partial charge in [0.1, 0.15) is 5.82 Å². The molecule has 212 valence electrons. The van der Waals surface area contributed by atoms with Crippen LogP contribution in [0.5, 0.6) is 0 Å². The van der Waals surface area contributed by atoms with E-state index in [9.17, 15) is 23.3 Å². The van der Waals surface area contributed by atoms with Gasteiger partial charge < -0.3 is 24.6 Å². The van der Waals surface area contributed by atoms with Crippen molar-refractivity contribution in [2.24, 2.45) is 0 Å². The highest BCUT2D eigenvalue weighted by atomic mass is 35.5. The summed E-state index contributed by atoms with van der Waals surface area (Å²) in [5.74, 6) is -2.56. The Kier molecular flexibility index (Phi) is 11.0. The van der Waals surface area contributed by atoms with Crippen molar-refractivity contribution in [2.45, 2.75) is 38.5 Å². The van der Waals surface area contributed by atoms with Crippen molar-refractivity contribution in [3.05, 3.63) is 94.8 Å². The van der Waals surface area contributed by atoms with Gasteiger partial charge in [0, 0.05) is 30.0 Å². The van der Waals surface area contributed by atoms with Crippen molar-refractivity contribution in [1.29, 1.82) is 0 Å². The van der Waals surface area contributed by atoms with E-state index >= 15 is 0 Å². The predicted molar refractivity (Wildman–Crippen MR) is 146 cm³/mol. The van der Waals surface area contributed by atoms with Gasteiger partial charge in [-0.05, 0) is 47.9 Å². The average molecular weight is 592 g/mol. The maximum Gasteiger partial charge on any atom is 0.341 e. The zero-order chi connectivity index (χ0) is 29.3. The molecule has 0 aliphatic carbocycles. The summed E-state index contributed by atoms with van der Waals surface area (Å²) in [4.78, 5) is 55.4. The minimum absolute atomic E-state index is 0.146. The smallest absolute Gasteiger partial charge is 0.341 e. The molecule has 0 aromatic heterocycles. The van der Waals surface area contributed by atoms with Crippen LogP contribution < -0.4 is 5.32 Å². The van der Waals surface area contributed by atoms with Crippen LogP contribution in [0, 0.1) is 5.82 Å². The summed E-state index contributed by atoms with van der Waals surface area (Å²) in [5.41, 5.74) is 1.84. The molecule has 1 amide bonds. The van der Waals surface area contributed by atoms with Gasteiger partial charge in [-0.3, -0.25) is 14.2 Å². The lowest BCUT2D eigenvalue weighted by Gasteiger charge is -2.20. The van der Waals surface area contributed by atoms with E-state index < -0.39 is 56.2 Å². The Bertz CT molecular complexity index is 1380. The fourth-order valence-corrected chi connectivity index (χ4v) is 4.46. The van der Waals surface area contributed by atoms with Gasteiger partial charge in [0.15, 0.2) is 0 Å². The molecule has 40 heavy (non-hydrogen) atoms. The minimum Gasteiger partial charge on any atom is -0.425 e. The first kappa shape index (κ1) is 31.0. The standard InChI is InChI=1S/C28H28ClFNO8P/c1-18(39-28(34)21-5-3-2-4-6-21)38-27(33)17-23(31-26(32)13-14-40(35,36)37)15-19-7-9-20(10-8-19)24-16-22(29)11-12-25(24)30/h2-12,16,18,23H,13-15,17H2,1H3,(H,31,32)(H2,35,36,37). The Morgan fingerprint density at radius 3 is 2.33 bits per heavy atom. The average Bonchev–Trinajstić information content (AvgIpc) is 2.89. The molecule has 0 spiro atoms. The first-order valence-corrected chi connectivity index (χ1v) is 14.4. The van der Waals surface area contributed by atoms with Crippen molar-refractivity contribution < 1.29 is 42.6 Å². The van der Waals surface area contributed by atoms with Gasteiger partial charge in [0.2, 0.25) is 12.2 Å². The molecule has 0 aliphatic heterocycles. The van der Waals surface area contributed by atoms with Gasteiger partial charge in [-0.2, -0.15) is 0 Å². The van der Waals surface area contributed by atoms with E-state index in [0.717, 1.165) is 0 Å². The van der Waals surface area contributed by atoms with Crippen LogP contribution >= 0.6 is 19.2 Å². The molecule has 0 saturated carbocycles. The van der Waals surface area contributed by atoms with Gasteiger partial charge in [0.05, 0.1) is 18.1 Å². The van der Waals surface area contributed by atoms with Gasteiger partial charge >= 0.3 is 19.5 Å². The maximum absolute atomic E-state index is 14.2. The third-order valence-electron chi connectivity index (χ3n) is 5.66. The minimum atomic E-state index is -4.40. The molecule has 2 atom stereocenters. The van der Waals surface area contributed by atoms with E-state index in [1.54, 1.807) is 54.6 Å². The molecule has 3 aromatic carbocycles. The monoisotopic (exact) mass is 591 g/mol. The number of rotatable bonds is 12. The summed E-state index contributed by atoms with van der Waals surface area (Å²) in [6.45, 7) is 1.38. The van der Waals surface area contributed by atoms with E-state index in [-0.39, 0.29) is 18.4 Å². The predicted octanol–water partition coefficient (Wildman–Crippen LogP) is 4.88. The van der Waals surface area contributed by atoms with Crippen LogP contribution in [-0.2, 0) is 30.0 Å². The second-order valence-electron chi connectivity index (χ2n) is 8.96. The van der Waals surface area contributed by atoms with Crippen molar-refractivity contribution in [3.8, 4) is 11.1 Å². The number of hydrogen-bond donors (Lipinski definition) is 3. The zero-order valence-electron chi connectivity index (χ0n) is 21.5. The number of nitrogens with one attached hydrogen (secondary N) is 1. The molecule has 3 rings (SSSR count). The molecular formula is C28H28ClFNO8P. The number of ether oxygens (including phenoxy) is 2. The molecule has 3 aromatic rings. The number of carbonyl (C=O) groups excluding carboxylic acids is 3. The lowest BCUT2D eigenvalue weighted by atomic mass is 9.99. The summed E-state index contributed by atoms with van der Waals surface area (Å²) in [7, 11) is -4.40. The molecule has 0 radical (unpaired) electrons. The Balaban J connectivity index is 1.67. The molecule has 0 saturated heterocycles. The summed E-state index contributed by atoms with van der Waals surface area (Å²) >= 11 is 5.99. The molecule has 0 fully saturated rings. The topological polar surface area (TPSA) is 139 Å². The summed E-state index contributed by atoms with van der Waals surface area (Å²) in [6, 6.07) is 18.3. The van der Waals surface area contributed by atoms with Crippen LogP contribution in [0.25, 0.3) is 11.1 Å². The Morgan fingerprint density at radius 1 is 1.00 bits per heavy atom. The highest BCUT2D eigenvalue weighted by molar-refractivity contribution is 7.51. The van der Waals surface area contributed by atoms with Crippen LogP contribution in [0.3, 0.4) is 0 Å². The quantitative estimate of drug-likeness (QED) is 0.154. The molecule has 3 N–H and O–H groups in total. The van der Waals surface area contributed by atoms with E-state index in [4.69, 9.17) is 30.9 Å². The Labute approximate surface area is 235 Å². The van der Waals surface area contributed by atoms with E-state index in [2.05, 4.69) is 5.32 Å². The molecule has 0 heterocycles. The number of benzene rings is 3. The first-order valence-electron chi connectivity index (χ1n) is 12.2. The fraction of sp³-hybridized carbons (Fsp3) is 0.250. The van der Waals surface area contributed by atoms with Crippen molar-refractivity contribution in [3.63, 3.8) is 0 Å². The first-order chi connectivity index (χ1) is 18.9. The summed E-state index contributed by atoms with van der Waals surface area (Å²) in [6.07, 6.45) is -2.48. The molecule has 0 aliphatic rings. The SMILES string of the molecule is CC(OC(=O)CC(Cc1ccc(-c2cc(Cl)ccc2F)cc1)NC(=O)CCP(=O)(O)O)OC(=O)c1ccccc1. The number of hydrogen-bond acceptors (Lipinski definition) is 6. The van der Waals surface area contributed by atoms with E-state index in [1.165, 1.54) is 25.1 Å². The fourth-order valence-electron chi connectivity index (χ4n) is 3.80. The van der Waals surface area contributed by atoms with Crippen LogP contribution in [0.1, 0.15) is 35.7 Å². The van der Waals surface area contributed by atoms with Crippen molar-refractivity contribution in [2.75, 3.05) is 6.16 Å². The van der Waals surface area contributed by atoms with Gasteiger partial charge in [0.25, 0.3) is 0 Å². The second kappa shape index (κ2) is 14.2. The third-order valence-corrected chi connectivity index (χ3v) is 6.70. The molecule has 12 heteroatoms. The van der Waals surface area contributed by atoms with Gasteiger partial charge in [-0.25, -0.2) is 9.18 Å². The van der Waals surface area contributed by atoms with Crippen LogP contribution in [0.2, 0.25) is 5.02 Å². The molecule has 9 nitrogen and oxygen atoms in total. The van der Waals surface area contributed by atoms with Crippen molar-refractivity contribution >= 4 is 37.0 Å². The van der Waals surface area contributed by atoms with E-state index in [0.29, 0.717) is 21.7 Å². The molecule has 2 unspecified atom stereocenters. The highest BCUT2D eigenvalue weighted by Gasteiger charge is 2.23. The van der Waals surface area contributed by atoms with Gasteiger partial charge in [-0.15, -0.1) is 0 Å². The third kappa shape index (κ3) is 10.2. The largest absolute Gasteiger partial charge is 0.425 e. The van der Waals surface area contributed by atoms with Crippen molar-refractivity contribution in [1.82, 2.24) is 5.32 Å². The van der Waals surface area contributed by atoms with Crippen LogP contribution in [-0.4, -0.2) is 46.1 Å². The number of amides is 1. The molecule has 0 bridgehead atoms. The lowest BCUT2D eigenvalue weighted by molar-refractivity contribution is -0.166. The van der Waals surface area contributed by atoms with Gasteiger partial charge in [-0.1, -0.05) is 54.1 Å². The lowest BCUT2D eigenvalue weighted by Crippen LogP contribution is -2.39. The van der Waals surface area contributed by atoms with Crippen LogP contribution in [0.15, 0.2) is 72.8 Å². The summed E-state index contributed by atoms with van der Waals surface area (Å²) in [5, 5.41) is 2.98. The number of halogens is 2. The van der Waals surface area contributed by atoms with Crippen LogP contribution in [0.4, 0.5) is 4.39 Å². The van der Waals surface area contributed by atoms with E-state index in [1.807, 2.05) is 0 Å². The Hall–Kier alpha value is -3.56. The number of esters is 2. The zero-order valence-corrected chi connectivity index (χ0v) is 23.1. The Morgan fingerprint density at radius 2 is 1.68 bits per heavy atom. The normalized spacial score (nSPS) is 12.7. The highest BCUT2D eigenvalue weighted by Crippen LogP contribution is 2.34. The molecular weight excluding hydrogens is 564 g/mol. The number of carbonyl (C=O) groups is 3. The summed E-state index contributed by atoms with van der Waals surface area (Å²) < 4.78 is 35.7. The second-order valence-corrected chi connectivity index (χ2v) is 11.2. The maximum atomic E-state index is 14.2.